The molecular weight excluding hydrogens is 276 g/mol. The molecule has 0 radical (unpaired) electrons. The first-order valence-corrected chi connectivity index (χ1v) is 8.01. The van der Waals surface area contributed by atoms with Crippen LogP contribution in [0, 0.1) is 0 Å². The largest absolute Gasteiger partial charge is 0.382 e. The smallest absolute Gasteiger partial charge is 0.145 e. The van der Waals surface area contributed by atoms with Crippen LogP contribution < -0.4 is 10.6 Å². The number of hydrogen-bond acceptors (Lipinski definition) is 4. The summed E-state index contributed by atoms with van der Waals surface area (Å²) in [5.74, 6) is 0.884. The Kier molecular flexibility index (Phi) is 4.63. The standard InChI is InChI=1S/C17H24N4O/c1-2-3-15(16-12-17(18)20-19-16)13-4-6-14(7-5-13)21-8-10-22-11-9-21/h4-7,12,15H,2-3,8-11H2,1H3,(H3,18,19,20). The molecule has 3 N–H and O–H groups in total. The zero-order chi connectivity index (χ0) is 15.4. The van der Waals surface area contributed by atoms with Gasteiger partial charge in [-0.3, -0.25) is 5.10 Å². The van der Waals surface area contributed by atoms with E-state index in [2.05, 4.69) is 46.3 Å². The zero-order valence-corrected chi connectivity index (χ0v) is 13.1. The minimum Gasteiger partial charge on any atom is -0.382 e. The van der Waals surface area contributed by atoms with Gasteiger partial charge in [0.2, 0.25) is 0 Å². The molecule has 5 heteroatoms. The van der Waals surface area contributed by atoms with Gasteiger partial charge >= 0.3 is 0 Å². The highest BCUT2D eigenvalue weighted by molar-refractivity contribution is 5.49. The molecule has 0 amide bonds. The van der Waals surface area contributed by atoms with Crippen molar-refractivity contribution < 1.29 is 4.74 Å². The van der Waals surface area contributed by atoms with Crippen LogP contribution in [0.15, 0.2) is 30.3 Å². The van der Waals surface area contributed by atoms with Crippen LogP contribution in [0.4, 0.5) is 11.5 Å². The van der Waals surface area contributed by atoms with Gasteiger partial charge < -0.3 is 15.4 Å². The molecular formula is C17H24N4O. The van der Waals surface area contributed by atoms with E-state index in [1.54, 1.807) is 0 Å². The third kappa shape index (κ3) is 3.25. The first kappa shape index (κ1) is 14.9. The molecule has 0 aliphatic carbocycles. The number of anilines is 2. The number of nitrogens with two attached hydrogens (primary N) is 1. The first-order valence-electron chi connectivity index (χ1n) is 8.01. The molecule has 1 aliphatic heterocycles. The molecule has 0 bridgehead atoms. The van der Waals surface area contributed by atoms with Crippen LogP contribution in [0.3, 0.4) is 0 Å². The predicted molar refractivity (Wildman–Crippen MR) is 89.2 cm³/mol. The van der Waals surface area contributed by atoms with Crippen molar-refractivity contribution in [2.45, 2.75) is 25.7 Å². The normalized spacial score (nSPS) is 16.7. The molecule has 2 aromatic rings. The van der Waals surface area contributed by atoms with Crippen LogP contribution in [-0.2, 0) is 4.74 Å². The molecule has 1 saturated heterocycles. The van der Waals surface area contributed by atoms with Gasteiger partial charge in [-0.05, 0) is 24.1 Å². The van der Waals surface area contributed by atoms with Crippen LogP contribution >= 0.6 is 0 Å². The number of hydrogen-bond donors (Lipinski definition) is 2. The van der Waals surface area contributed by atoms with Crippen LogP contribution in [0.5, 0.6) is 0 Å². The molecule has 118 valence electrons. The third-order valence-electron chi connectivity index (χ3n) is 4.24. The Morgan fingerprint density at radius 3 is 2.59 bits per heavy atom. The lowest BCUT2D eigenvalue weighted by Gasteiger charge is -2.29. The number of aromatic nitrogens is 2. The van der Waals surface area contributed by atoms with Gasteiger partial charge in [-0.25, -0.2) is 0 Å². The molecule has 2 heterocycles. The Morgan fingerprint density at radius 2 is 2.00 bits per heavy atom. The fraction of sp³-hybridized carbons (Fsp3) is 0.471. The average Bonchev–Trinajstić information content (AvgIpc) is 3.00. The summed E-state index contributed by atoms with van der Waals surface area (Å²) < 4.78 is 5.41. The van der Waals surface area contributed by atoms with E-state index in [1.807, 2.05) is 6.07 Å². The zero-order valence-electron chi connectivity index (χ0n) is 13.1. The predicted octanol–water partition coefficient (Wildman–Crippen LogP) is 2.76. The molecule has 1 atom stereocenters. The Morgan fingerprint density at radius 1 is 1.27 bits per heavy atom. The molecule has 1 unspecified atom stereocenters. The van der Waals surface area contributed by atoms with E-state index in [-0.39, 0.29) is 0 Å². The second-order valence-electron chi connectivity index (χ2n) is 5.78. The SMILES string of the molecule is CCCC(c1ccc(N2CCOCC2)cc1)c1cc(N)n[nH]1. The molecule has 1 aromatic carbocycles. The van der Waals surface area contributed by atoms with Crippen molar-refractivity contribution in [3.05, 3.63) is 41.6 Å². The van der Waals surface area contributed by atoms with E-state index in [0.29, 0.717) is 11.7 Å². The topological polar surface area (TPSA) is 67.2 Å². The summed E-state index contributed by atoms with van der Waals surface area (Å²) >= 11 is 0. The number of aromatic amines is 1. The Balaban J connectivity index is 1.79. The molecule has 1 fully saturated rings. The molecule has 0 saturated carbocycles. The van der Waals surface area contributed by atoms with Crippen molar-refractivity contribution in [3.63, 3.8) is 0 Å². The lowest BCUT2D eigenvalue weighted by atomic mass is 9.91. The average molecular weight is 300 g/mol. The molecule has 3 rings (SSSR count). The number of H-pyrrole nitrogens is 1. The van der Waals surface area contributed by atoms with Gasteiger partial charge in [0, 0.05) is 36.5 Å². The molecule has 1 aromatic heterocycles. The van der Waals surface area contributed by atoms with Gasteiger partial charge in [0.1, 0.15) is 5.82 Å². The van der Waals surface area contributed by atoms with Crippen molar-refractivity contribution in [1.29, 1.82) is 0 Å². The molecule has 22 heavy (non-hydrogen) atoms. The highest BCUT2D eigenvalue weighted by atomic mass is 16.5. The van der Waals surface area contributed by atoms with Crippen LogP contribution in [0.2, 0.25) is 0 Å². The van der Waals surface area contributed by atoms with Gasteiger partial charge in [0.05, 0.1) is 13.2 Å². The van der Waals surface area contributed by atoms with Crippen LogP contribution in [0.25, 0.3) is 0 Å². The molecule has 0 spiro atoms. The maximum Gasteiger partial charge on any atom is 0.145 e. The van der Waals surface area contributed by atoms with Gasteiger partial charge in [-0.15, -0.1) is 0 Å². The van der Waals surface area contributed by atoms with E-state index in [9.17, 15) is 0 Å². The second-order valence-corrected chi connectivity index (χ2v) is 5.78. The van der Waals surface area contributed by atoms with Gasteiger partial charge in [-0.2, -0.15) is 5.10 Å². The van der Waals surface area contributed by atoms with Crippen molar-refractivity contribution in [2.24, 2.45) is 0 Å². The van der Waals surface area contributed by atoms with E-state index in [0.717, 1.165) is 44.8 Å². The molecule has 5 nitrogen and oxygen atoms in total. The minimum absolute atomic E-state index is 0.327. The summed E-state index contributed by atoms with van der Waals surface area (Å²) in [5.41, 5.74) is 9.42. The van der Waals surface area contributed by atoms with Crippen LogP contribution in [0.1, 0.15) is 36.9 Å². The Bertz CT molecular complexity index is 587. The highest BCUT2D eigenvalue weighted by Crippen LogP contribution is 2.30. The maximum absolute atomic E-state index is 5.75. The summed E-state index contributed by atoms with van der Waals surface area (Å²) in [4.78, 5) is 2.37. The molecule has 1 aliphatic rings. The van der Waals surface area contributed by atoms with E-state index in [1.165, 1.54) is 11.3 Å². The summed E-state index contributed by atoms with van der Waals surface area (Å²) in [6.45, 7) is 5.76. The quantitative estimate of drug-likeness (QED) is 0.891. The summed E-state index contributed by atoms with van der Waals surface area (Å²) in [6, 6.07) is 10.8. The van der Waals surface area contributed by atoms with E-state index in [4.69, 9.17) is 10.5 Å². The third-order valence-corrected chi connectivity index (χ3v) is 4.24. The number of benzene rings is 1. The number of nitrogens with one attached hydrogen (secondary N) is 1. The minimum atomic E-state index is 0.327. The number of rotatable bonds is 5. The number of morpholine rings is 1. The summed E-state index contributed by atoms with van der Waals surface area (Å²) in [6.07, 6.45) is 2.20. The van der Waals surface area contributed by atoms with Crippen LogP contribution in [-0.4, -0.2) is 36.5 Å². The van der Waals surface area contributed by atoms with Crippen molar-refractivity contribution in [3.8, 4) is 0 Å². The van der Waals surface area contributed by atoms with E-state index < -0.39 is 0 Å². The number of nitrogens with zero attached hydrogens (tertiary/aromatic N) is 2. The van der Waals surface area contributed by atoms with Gasteiger partial charge in [0.15, 0.2) is 0 Å². The number of ether oxygens (including phenoxy) is 1. The Hall–Kier alpha value is -2.01. The maximum atomic E-state index is 5.75. The van der Waals surface area contributed by atoms with Gasteiger partial charge in [-0.1, -0.05) is 25.5 Å². The van der Waals surface area contributed by atoms with E-state index >= 15 is 0 Å². The lowest BCUT2D eigenvalue weighted by molar-refractivity contribution is 0.122. The number of nitrogen functional groups attached to an aromatic ring is 1. The fourth-order valence-corrected chi connectivity index (χ4v) is 3.06. The monoisotopic (exact) mass is 300 g/mol. The summed E-state index contributed by atoms with van der Waals surface area (Å²) in [7, 11) is 0. The lowest BCUT2D eigenvalue weighted by Crippen LogP contribution is -2.36. The van der Waals surface area contributed by atoms with Crippen molar-refractivity contribution in [2.75, 3.05) is 36.9 Å². The Labute approximate surface area is 131 Å². The fourth-order valence-electron chi connectivity index (χ4n) is 3.06. The first-order chi connectivity index (χ1) is 10.8. The summed E-state index contributed by atoms with van der Waals surface area (Å²) in [5, 5.41) is 7.13. The van der Waals surface area contributed by atoms with Crippen molar-refractivity contribution in [1.82, 2.24) is 10.2 Å². The highest BCUT2D eigenvalue weighted by Gasteiger charge is 2.17. The van der Waals surface area contributed by atoms with Gasteiger partial charge in [0.25, 0.3) is 0 Å². The van der Waals surface area contributed by atoms with Crippen molar-refractivity contribution >= 4 is 11.5 Å². The second kappa shape index (κ2) is 6.83.